The number of hydrogen-bond donors (Lipinski definition) is 1. The predicted octanol–water partition coefficient (Wildman–Crippen LogP) is 0.891. The van der Waals surface area contributed by atoms with Crippen molar-refractivity contribution in [3.63, 3.8) is 0 Å². The van der Waals surface area contributed by atoms with E-state index in [1.54, 1.807) is 33.2 Å². The van der Waals surface area contributed by atoms with E-state index in [0.29, 0.717) is 43.2 Å². The molecule has 3 saturated heterocycles. The third-order valence-electron chi connectivity index (χ3n) is 8.37. The van der Waals surface area contributed by atoms with E-state index in [1.165, 1.54) is 24.6 Å². The van der Waals surface area contributed by atoms with Crippen LogP contribution < -0.4 is 11.4 Å². The Morgan fingerprint density at radius 1 is 1.00 bits per heavy atom. The number of fused-ring (bicyclic) bond motifs is 2. The van der Waals surface area contributed by atoms with Crippen molar-refractivity contribution in [2.45, 2.75) is 89.6 Å². The Balaban J connectivity index is 0.000000234. The number of halogens is 1. The van der Waals surface area contributed by atoms with Crippen molar-refractivity contribution >= 4 is 0 Å². The van der Waals surface area contributed by atoms with Crippen molar-refractivity contribution in [1.82, 2.24) is 33.6 Å². The van der Waals surface area contributed by atoms with Crippen molar-refractivity contribution in [1.29, 1.82) is 0 Å². The van der Waals surface area contributed by atoms with Crippen molar-refractivity contribution in [3.8, 4) is 0 Å². The van der Waals surface area contributed by atoms with Gasteiger partial charge in [0.05, 0.1) is 38.5 Å². The van der Waals surface area contributed by atoms with Gasteiger partial charge in [0, 0.05) is 38.3 Å². The highest BCUT2D eigenvalue weighted by molar-refractivity contribution is 5.16. The molecule has 12 nitrogen and oxygen atoms in total. The molecule has 0 spiro atoms. The van der Waals surface area contributed by atoms with Gasteiger partial charge >= 0.3 is 11.4 Å². The topological polar surface area (TPSA) is 125 Å². The summed E-state index contributed by atoms with van der Waals surface area (Å²) in [6, 6.07) is 7.44. The number of aliphatic hydroxyl groups is 1. The molecule has 3 fully saturated rings. The monoisotopic (exact) mass is 573 g/mol. The number of piperidine rings is 1. The van der Waals surface area contributed by atoms with Gasteiger partial charge < -0.3 is 14.6 Å². The first kappa shape index (κ1) is 29.4. The van der Waals surface area contributed by atoms with Crippen LogP contribution in [0.25, 0.3) is 0 Å². The van der Waals surface area contributed by atoms with Crippen LogP contribution in [0.2, 0.25) is 0 Å². The van der Waals surface area contributed by atoms with Gasteiger partial charge in [0.2, 0.25) is 0 Å². The maximum absolute atomic E-state index is 13.8. The molecule has 13 heteroatoms. The molecular weight excluding hydrogens is 533 g/mol. The summed E-state index contributed by atoms with van der Waals surface area (Å²) in [6.07, 6.45) is 3.61. The van der Waals surface area contributed by atoms with E-state index in [2.05, 4.69) is 15.1 Å². The maximum atomic E-state index is 13.8. The molecular formula is C28H40FN7O5. The maximum Gasteiger partial charge on any atom is 0.345 e. The van der Waals surface area contributed by atoms with Gasteiger partial charge in [-0.15, -0.1) is 0 Å². The van der Waals surface area contributed by atoms with Gasteiger partial charge in [0.15, 0.2) is 0 Å². The first-order valence-electron chi connectivity index (χ1n) is 14.2. The molecule has 2 aromatic heterocycles. The molecule has 4 atom stereocenters. The van der Waals surface area contributed by atoms with Crippen molar-refractivity contribution in [2.24, 2.45) is 14.1 Å². The summed E-state index contributed by atoms with van der Waals surface area (Å²) in [6.45, 7) is 5.94. The van der Waals surface area contributed by atoms with E-state index in [9.17, 15) is 19.1 Å². The highest BCUT2D eigenvalue weighted by Crippen LogP contribution is 2.37. The molecule has 41 heavy (non-hydrogen) atoms. The van der Waals surface area contributed by atoms with Gasteiger partial charge in [0.1, 0.15) is 23.6 Å². The average molecular weight is 574 g/mol. The Morgan fingerprint density at radius 3 is 2.12 bits per heavy atom. The van der Waals surface area contributed by atoms with Crippen molar-refractivity contribution in [2.75, 3.05) is 13.2 Å². The number of aromatic nitrogens is 6. The third kappa shape index (κ3) is 6.85. The number of aryl methyl sites for hydroxylation is 2. The Hall–Kier alpha value is -3.13. The summed E-state index contributed by atoms with van der Waals surface area (Å²) in [7, 11) is 3.40. The summed E-state index contributed by atoms with van der Waals surface area (Å²) >= 11 is 0. The van der Waals surface area contributed by atoms with Gasteiger partial charge in [-0.05, 0) is 45.6 Å². The van der Waals surface area contributed by atoms with E-state index in [-0.39, 0.29) is 35.9 Å². The van der Waals surface area contributed by atoms with Crippen molar-refractivity contribution in [3.05, 3.63) is 68.3 Å². The number of benzene rings is 1. The first-order valence-corrected chi connectivity index (χ1v) is 14.2. The van der Waals surface area contributed by atoms with E-state index in [1.807, 2.05) is 13.0 Å². The highest BCUT2D eigenvalue weighted by atomic mass is 19.1. The number of rotatable bonds is 9. The number of epoxide rings is 1. The minimum absolute atomic E-state index is 0.0667. The molecule has 3 aliphatic heterocycles. The van der Waals surface area contributed by atoms with Crippen LogP contribution in [0.3, 0.4) is 0 Å². The zero-order valence-electron chi connectivity index (χ0n) is 24.1. The van der Waals surface area contributed by atoms with Crippen LogP contribution >= 0.6 is 0 Å². The number of aliphatic hydroxyl groups excluding tert-OH is 1. The lowest BCUT2D eigenvalue weighted by Gasteiger charge is -2.39. The second kappa shape index (κ2) is 12.4. The Morgan fingerprint density at radius 2 is 1.59 bits per heavy atom. The van der Waals surface area contributed by atoms with E-state index < -0.39 is 6.10 Å². The molecule has 1 aromatic carbocycles. The fourth-order valence-electron chi connectivity index (χ4n) is 5.78. The number of nitrogens with zero attached hydrogens (tertiary/aromatic N) is 7. The number of ether oxygens (including phenoxy) is 2. The minimum Gasteiger partial charge on any atom is -0.390 e. The normalized spacial score (nSPS) is 24.2. The zero-order chi connectivity index (χ0) is 29.3. The summed E-state index contributed by atoms with van der Waals surface area (Å²) in [5, 5.41) is 18.9. The molecule has 0 aliphatic carbocycles. The second-order valence-electron chi connectivity index (χ2n) is 11.3. The van der Waals surface area contributed by atoms with E-state index in [4.69, 9.17) is 9.47 Å². The summed E-state index contributed by atoms with van der Waals surface area (Å²) in [5.74, 6) is 1.15. The number of hydrogen-bond acceptors (Lipinski definition) is 8. The van der Waals surface area contributed by atoms with E-state index >= 15 is 0 Å². The minimum atomic E-state index is -0.652. The third-order valence-corrected chi connectivity index (χ3v) is 8.37. The van der Waals surface area contributed by atoms with Crippen LogP contribution in [0.4, 0.5) is 4.39 Å². The largest absolute Gasteiger partial charge is 0.390 e. The van der Waals surface area contributed by atoms with Gasteiger partial charge in [-0.3, -0.25) is 14.0 Å². The Bertz CT molecular complexity index is 1440. The van der Waals surface area contributed by atoms with Crippen LogP contribution in [0.5, 0.6) is 0 Å². The Kier molecular flexibility index (Phi) is 8.88. The second-order valence-corrected chi connectivity index (χ2v) is 11.3. The summed E-state index contributed by atoms with van der Waals surface area (Å²) in [5.41, 5.74) is 0.321. The fourth-order valence-corrected chi connectivity index (χ4v) is 5.78. The lowest BCUT2D eigenvalue weighted by Crippen LogP contribution is -2.49. The van der Waals surface area contributed by atoms with Crippen LogP contribution in [-0.2, 0) is 43.3 Å². The standard InChI is InChI=1S/C21H29FN4O3.C7H11N3O2/c1-14-23-26(21(28)24(14)2)12-18(27)11-25-16-7-8-17(25)10-19(9-16)29-13-15-5-3-4-6-20(15)22;1-5-8-10(3-6-4-12-6)7(11)9(5)2/h3-6,16-19,27H,7-13H2,1-2H3;6H,3-4H2,1-2H3. The summed E-state index contributed by atoms with van der Waals surface area (Å²) in [4.78, 5) is 25.8. The zero-order valence-corrected chi connectivity index (χ0v) is 24.1. The fraction of sp³-hybridized carbons (Fsp3) is 0.643. The molecule has 1 N–H and O–H groups in total. The van der Waals surface area contributed by atoms with E-state index in [0.717, 1.165) is 38.1 Å². The van der Waals surface area contributed by atoms with Crippen molar-refractivity contribution < 1.29 is 19.0 Å². The molecule has 3 aromatic rings. The lowest BCUT2D eigenvalue weighted by molar-refractivity contribution is -0.0408. The van der Waals surface area contributed by atoms with Gasteiger partial charge in [-0.1, -0.05) is 18.2 Å². The van der Waals surface area contributed by atoms with Crippen LogP contribution in [0.1, 0.15) is 42.9 Å². The highest BCUT2D eigenvalue weighted by Gasteiger charge is 2.41. The molecule has 0 amide bonds. The van der Waals surface area contributed by atoms with Gasteiger partial charge in [-0.2, -0.15) is 10.2 Å². The quantitative estimate of drug-likeness (QED) is 0.375. The lowest BCUT2D eigenvalue weighted by atomic mass is 9.99. The summed E-state index contributed by atoms with van der Waals surface area (Å²) < 4.78 is 30.6. The van der Waals surface area contributed by atoms with Gasteiger partial charge in [-0.25, -0.2) is 23.3 Å². The Labute approximate surface area is 237 Å². The molecule has 3 aliphatic rings. The van der Waals surface area contributed by atoms with Crippen LogP contribution in [0.15, 0.2) is 33.9 Å². The van der Waals surface area contributed by atoms with Crippen LogP contribution in [0, 0.1) is 19.7 Å². The van der Waals surface area contributed by atoms with Crippen LogP contribution in [-0.4, -0.2) is 82.2 Å². The molecule has 0 radical (unpaired) electrons. The molecule has 224 valence electrons. The first-order chi connectivity index (χ1) is 19.6. The molecule has 2 bridgehead atoms. The molecule has 5 heterocycles. The molecule has 0 saturated carbocycles. The van der Waals surface area contributed by atoms with Gasteiger partial charge in [0.25, 0.3) is 0 Å². The smallest absolute Gasteiger partial charge is 0.345 e. The molecule has 6 rings (SSSR count). The average Bonchev–Trinajstić information content (AvgIpc) is 3.65. The SMILES string of the molecule is Cc1nn(CC(O)CN2C3CCC2CC(OCc2ccccc2F)C3)c(=O)n1C.Cc1nn(CC2CO2)c(=O)n1C. The predicted molar refractivity (Wildman–Crippen MR) is 148 cm³/mol. The molecule has 4 unspecified atom stereocenters.